The van der Waals surface area contributed by atoms with Crippen molar-refractivity contribution in [3.05, 3.63) is 207 Å². The predicted molar refractivity (Wildman–Crippen MR) is 221 cm³/mol. The van der Waals surface area contributed by atoms with E-state index in [1.165, 1.54) is 0 Å². The van der Waals surface area contributed by atoms with Crippen molar-refractivity contribution in [2.75, 3.05) is 0 Å². The number of hydrogen-bond acceptors (Lipinski definition) is 4. The summed E-state index contributed by atoms with van der Waals surface area (Å²) in [7, 11) is 0. The first-order valence-corrected chi connectivity index (χ1v) is 18.0. The lowest BCUT2D eigenvalue weighted by Gasteiger charge is -2.18. The Morgan fingerprint density at radius 2 is 0.593 bits per heavy atom. The van der Waals surface area contributed by atoms with Crippen LogP contribution in [0.25, 0.3) is 89.5 Å². The van der Waals surface area contributed by atoms with Gasteiger partial charge in [-0.25, -0.2) is 0 Å². The lowest BCUT2D eigenvalue weighted by molar-refractivity contribution is 1.31. The molecule has 4 aromatic heterocycles. The molecule has 254 valence electrons. The first-order chi connectivity index (χ1) is 26.8. The molecule has 0 unspecified atom stereocenters. The van der Waals surface area contributed by atoms with Crippen molar-refractivity contribution in [2.45, 2.75) is 0 Å². The second kappa shape index (κ2) is 14.7. The highest BCUT2D eigenvalue weighted by Gasteiger charge is 2.18. The molecule has 0 saturated heterocycles. The Labute approximate surface area is 315 Å². The van der Waals surface area contributed by atoms with Crippen LogP contribution in [-0.2, 0) is 0 Å². The van der Waals surface area contributed by atoms with Crippen LogP contribution in [0, 0.1) is 0 Å². The van der Waals surface area contributed by atoms with E-state index in [2.05, 4.69) is 143 Å². The highest BCUT2D eigenvalue weighted by atomic mass is 14.7. The zero-order valence-electron chi connectivity index (χ0n) is 29.4. The summed E-state index contributed by atoms with van der Waals surface area (Å²) in [5.74, 6) is 0. The zero-order valence-corrected chi connectivity index (χ0v) is 29.4. The zero-order chi connectivity index (χ0) is 36.1. The lowest BCUT2D eigenvalue weighted by atomic mass is 9.87. The van der Waals surface area contributed by atoms with E-state index >= 15 is 0 Å². The van der Waals surface area contributed by atoms with E-state index in [4.69, 9.17) is 9.97 Å². The van der Waals surface area contributed by atoms with Gasteiger partial charge in [-0.1, -0.05) is 133 Å². The van der Waals surface area contributed by atoms with Crippen molar-refractivity contribution >= 4 is 0 Å². The fourth-order valence-electron chi connectivity index (χ4n) is 6.92. The normalized spacial score (nSPS) is 11.0. The second-order valence-electron chi connectivity index (χ2n) is 13.1. The standard InChI is InChI=1S/C50H34N4/c1-3-11-35(12-4-1)41-25-27-49(53-33-41)45-32-46(50-28-26-42(34-54-50)36-13-5-2-6-14-36)44(38-19-23-40(24-20-38)48-16-8-10-30-52-48)31-43(45)37-17-21-39(22-18-37)47-15-7-9-29-51-47/h1-34H. The van der Waals surface area contributed by atoms with Crippen LogP contribution in [0.4, 0.5) is 0 Å². The van der Waals surface area contributed by atoms with Gasteiger partial charge < -0.3 is 0 Å². The summed E-state index contributed by atoms with van der Waals surface area (Å²) in [5, 5.41) is 0. The number of aromatic nitrogens is 4. The number of benzene rings is 5. The van der Waals surface area contributed by atoms with E-state index in [0.717, 1.165) is 89.5 Å². The van der Waals surface area contributed by atoms with Crippen molar-refractivity contribution in [1.29, 1.82) is 0 Å². The minimum Gasteiger partial charge on any atom is -0.256 e. The minimum absolute atomic E-state index is 0.887. The summed E-state index contributed by atoms with van der Waals surface area (Å²) in [6.07, 6.45) is 7.60. The molecule has 0 N–H and O–H groups in total. The van der Waals surface area contributed by atoms with Crippen molar-refractivity contribution in [2.24, 2.45) is 0 Å². The molecule has 0 saturated carbocycles. The van der Waals surface area contributed by atoms with Gasteiger partial charge in [0.25, 0.3) is 0 Å². The van der Waals surface area contributed by atoms with Crippen LogP contribution in [0.15, 0.2) is 207 Å². The van der Waals surface area contributed by atoms with Crippen LogP contribution in [-0.4, -0.2) is 19.9 Å². The quantitative estimate of drug-likeness (QED) is 0.159. The van der Waals surface area contributed by atoms with Gasteiger partial charge in [-0.2, -0.15) is 0 Å². The van der Waals surface area contributed by atoms with Gasteiger partial charge in [-0.05, 0) is 81.9 Å². The van der Waals surface area contributed by atoms with Crippen LogP contribution >= 0.6 is 0 Å². The first kappa shape index (κ1) is 32.6. The molecule has 4 heteroatoms. The Kier molecular flexibility index (Phi) is 8.90. The van der Waals surface area contributed by atoms with Gasteiger partial charge in [0.15, 0.2) is 0 Å². The smallest absolute Gasteiger partial charge is 0.0708 e. The van der Waals surface area contributed by atoms with Gasteiger partial charge in [0.1, 0.15) is 0 Å². The number of pyridine rings is 4. The third kappa shape index (κ3) is 6.72. The summed E-state index contributed by atoms with van der Waals surface area (Å²) in [6.45, 7) is 0. The summed E-state index contributed by atoms with van der Waals surface area (Å²) in [4.78, 5) is 19.3. The van der Waals surface area contributed by atoms with Crippen LogP contribution in [0.5, 0.6) is 0 Å². The molecule has 0 bridgehead atoms. The average Bonchev–Trinajstić information content (AvgIpc) is 3.27. The van der Waals surface area contributed by atoms with Crippen LogP contribution < -0.4 is 0 Å². The van der Waals surface area contributed by atoms with E-state index in [9.17, 15) is 0 Å². The van der Waals surface area contributed by atoms with Gasteiger partial charge in [-0.15, -0.1) is 0 Å². The molecule has 9 rings (SSSR count). The molecular formula is C50H34N4. The van der Waals surface area contributed by atoms with Crippen LogP contribution in [0.3, 0.4) is 0 Å². The summed E-state index contributed by atoms with van der Waals surface area (Å²) < 4.78 is 0. The van der Waals surface area contributed by atoms with E-state index in [-0.39, 0.29) is 0 Å². The van der Waals surface area contributed by atoms with Crippen molar-refractivity contribution in [3.8, 4) is 89.5 Å². The summed E-state index contributed by atoms with van der Waals surface area (Å²) >= 11 is 0. The maximum Gasteiger partial charge on any atom is 0.0708 e. The maximum absolute atomic E-state index is 5.08. The van der Waals surface area contributed by atoms with E-state index in [0.29, 0.717) is 0 Å². The predicted octanol–water partition coefficient (Wildman–Crippen LogP) is 12.6. The van der Waals surface area contributed by atoms with Crippen LogP contribution in [0.2, 0.25) is 0 Å². The molecule has 4 nitrogen and oxygen atoms in total. The first-order valence-electron chi connectivity index (χ1n) is 18.0. The van der Waals surface area contributed by atoms with Gasteiger partial charge >= 0.3 is 0 Å². The molecule has 5 aromatic carbocycles. The van der Waals surface area contributed by atoms with Gasteiger partial charge in [0.05, 0.1) is 22.8 Å². The number of rotatable bonds is 8. The Morgan fingerprint density at radius 3 is 0.963 bits per heavy atom. The fraction of sp³-hybridized carbons (Fsp3) is 0. The molecule has 0 radical (unpaired) electrons. The molecule has 54 heavy (non-hydrogen) atoms. The molecule has 0 fully saturated rings. The van der Waals surface area contributed by atoms with E-state index in [1.807, 2.05) is 73.3 Å². The van der Waals surface area contributed by atoms with Crippen molar-refractivity contribution in [3.63, 3.8) is 0 Å². The SMILES string of the molecule is c1ccc(-c2ccc(-c3cc(-c4ccc(-c5ccccc5)cn4)c(-c4ccc(-c5ccccn5)cc4)cc3-c3ccc(-c4ccccn4)cc3)nc2)cc1. The van der Waals surface area contributed by atoms with Crippen LogP contribution in [0.1, 0.15) is 0 Å². The molecule has 4 heterocycles. The largest absolute Gasteiger partial charge is 0.256 e. The Balaban J connectivity index is 1.23. The molecule has 0 amide bonds. The highest BCUT2D eigenvalue weighted by Crippen LogP contribution is 2.42. The second-order valence-corrected chi connectivity index (χ2v) is 13.1. The topological polar surface area (TPSA) is 51.6 Å². The monoisotopic (exact) mass is 690 g/mol. The molecule has 0 aliphatic carbocycles. The average molecular weight is 691 g/mol. The Bertz CT molecular complexity index is 2250. The molecule has 0 spiro atoms. The van der Waals surface area contributed by atoms with Gasteiger partial charge in [-0.3, -0.25) is 19.9 Å². The Morgan fingerprint density at radius 1 is 0.222 bits per heavy atom. The van der Waals surface area contributed by atoms with E-state index < -0.39 is 0 Å². The maximum atomic E-state index is 5.08. The van der Waals surface area contributed by atoms with Crippen molar-refractivity contribution in [1.82, 2.24) is 19.9 Å². The molecule has 0 atom stereocenters. The van der Waals surface area contributed by atoms with Gasteiger partial charge in [0.2, 0.25) is 0 Å². The number of hydrogen-bond donors (Lipinski definition) is 0. The molecule has 0 aliphatic rings. The summed E-state index contributed by atoms with van der Waals surface area (Å²) in [5.41, 5.74) is 16.6. The fourth-order valence-corrected chi connectivity index (χ4v) is 6.92. The summed E-state index contributed by atoms with van der Waals surface area (Å²) in [6, 6.07) is 63.2. The highest BCUT2D eigenvalue weighted by molar-refractivity contribution is 5.94. The van der Waals surface area contributed by atoms with Gasteiger partial charge in [0, 0.05) is 58.2 Å². The Hall–Kier alpha value is -7.30. The third-order valence-electron chi connectivity index (χ3n) is 9.76. The number of nitrogens with zero attached hydrogens (tertiary/aromatic N) is 4. The third-order valence-corrected chi connectivity index (χ3v) is 9.76. The molecule has 0 aliphatic heterocycles. The minimum atomic E-state index is 0.887. The lowest BCUT2D eigenvalue weighted by Crippen LogP contribution is -1.96. The molecular weight excluding hydrogens is 657 g/mol. The van der Waals surface area contributed by atoms with Crippen molar-refractivity contribution < 1.29 is 0 Å². The van der Waals surface area contributed by atoms with E-state index in [1.54, 1.807) is 0 Å². The molecule has 9 aromatic rings.